The molecule has 1 radical (unpaired) electrons. The van der Waals surface area contributed by atoms with Gasteiger partial charge in [-0.2, -0.15) is 0 Å². The van der Waals surface area contributed by atoms with Crippen molar-refractivity contribution in [3.05, 3.63) is 29.3 Å². The van der Waals surface area contributed by atoms with Gasteiger partial charge in [0, 0.05) is 14.1 Å². The number of aliphatic hydroxyl groups is 1. The average molecular weight is 236 g/mol. The summed E-state index contributed by atoms with van der Waals surface area (Å²) in [6, 6.07) is 6.57. The van der Waals surface area contributed by atoms with Crippen molar-refractivity contribution < 1.29 is 14.6 Å². The molecule has 17 heavy (non-hydrogen) atoms. The molecule has 0 bridgehead atoms. The van der Waals surface area contributed by atoms with Gasteiger partial charge in [0.05, 0.1) is 19.6 Å². The van der Waals surface area contributed by atoms with Crippen molar-refractivity contribution in [2.75, 3.05) is 20.7 Å². The standard InChI is InChI=1S/C13H18NO3/c1-10-6-11(9-15)8-12(7-10)17-5-4-13(16)14(2)3/h7-8,15H,4-5,9H2,1-3H3. The SMILES string of the molecule is Cc1[c]c(CO)cc(OCCC(=O)N(C)C)c1. The molecule has 4 nitrogen and oxygen atoms in total. The summed E-state index contributed by atoms with van der Waals surface area (Å²) in [7, 11) is 3.43. The molecule has 0 unspecified atom stereocenters. The van der Waals surface area contributed by atoms with Gasteiger partial charge in [-0.1, -0.05) is 0 Å². The minimum absolute atomic E-state index is 0.0339. The molecule has 1 aromatic carbocycles. The summed E-state index contributed by atoms with van der Waals surface area (Å²) >= 11 is 0. The van der Waals surface area contributed by atoms with Gasteiger partial charge in [-0.15, -0.1) is 0 Å². The smallest absolute Gasteiger partial charge is 0.225 e. The van der Waals surface area contributed by atoms with Crippen molar-refractivity contribution >= 4 is 5.91 Å². The number of benzene rings is 1. The Labute approximate surface area is 102 Å². The number of rotatable bonds is 5. The molecule has 0 aliphatic rings. The van der Waals surface area contributed by atoms with E-state index >= 15 is 0 Å². The first-order valence-corrected chi connectivity index (χ1v) is 5.49. The Bertz CT molecular complexity index is 388. The number of hydrogen-bond donors (Lipinski definition) is 1. The molecule has 1 N–H and O–H groups in total. The molecular weight excluding hydrogens is 218 g/mol. The predicted molar refractivity (Wildman–Crippen MR) is 64.7 cm³/mol. The topological polar surface area (TPSA) is 49.8 Å². The number of carbonyl (C=O) groups is 1. The number of ether oxygens (including phenoxy) is 1. The van der Waals surface area contributed by atoms with Crippen LogP contribution in [0.3, 0.4) is 0 Å². The van der Waals surface area contributed by atoms with Gasteiger partial charge in [0.15, 0.2) is 0 Å². The first kappa shape index (κ1) is 13.5. The highest BCUT2D eigenvalue weighted by Gasteiger charge is 2.05. The van der Waals surface area contributed by atoms with Gasteiger partial charge in [-0.25, -0.2) is 0 Å². The summed E-state index contributed by atoms with van der Waals surface area (Å²) in [5.41, 5.74) is 1.60. The van der Waals surface area contributed by atoms with Crippen molar-refractivity contribution in [1.82, 2.24) is 4.90 Å². The van der Waals surface area contributed by atoms with E-state index < -0.39 is 0 Å². The van der Waals surface area contributed by atoms with Gasteiger partial charge >= 0.3 is 0 Å². The number of hydrogen-bond acceptors (Lipinski definition) is 3. The first-order valence-electron chi connectivity index (χ1n) is 5.49. The summed E-state index contributed by atoms with van der Waals surface area (Å²) in [6.07, 6.45) is 0.346. The summed E-state index contributed by atoms with van der Waals surface area (Å²) in [5, 5.41) is 9.03. The third kappa shape index (κ3) is 4.44. The van der Waals surface area contributed by atoms with E-state index in [0.29, 0.717) is 24.3 Å². The maximum Gasteiger partial charge on any atom is 0.225 e. The molecule has 0 saturated carbocycles. The second kappa shape index (κ2) is 6.25. The fourth-order valence-corrected chi connectivity index (χ4v) is 1.40. The highest BCUT2D eigenvalue weighted by Crippen LogP contribution is 2.16. The van der Waals surface area contributed by atoms with Gasteiger partial charge in [-0.05, 0) is 36.2 Å². The minimum atomic E-state index is -0.0608. The van der Waals surface area contributed by atoms with Crippen LogP contribution >= 0.6 is 0 Å². The summed E-state index contributed by atoms with van der Waals surface area (Å²) in [6.45, 7) is 2.16. The van der Waals surface area contributed by atoms with Crippen LogP contribution in [0, 0.1) is 13.0 Å². The zero-order valence-corrected chi connectivity index (χ0v) is 10.5. The van der Waals surface area contributed by atoms with Gasteiger partial charge in [0.2, 0.25) is 5.91 Å². The summed E-state index contributed by atoms with van der Waals surface area (Å²) < 4.78 is 5.47. The van der Waals surface area contributed by atoms with E-state index in [1.807, 2.05) is 13.0 Å². The monoisotopic (exact) mass is 236 g/mol. The Morgan fingerprint density at radius 2 is 2.18 bits per heavy atom. The highest BCUT2D eigenvalue weighted by atomic mass is 16.5. The molecule has 1 aromatic rings. The second-order valence-electron chi connectivity index (χ2n) is 4.07. The molecule has 4 heteroatoms. The Morgan fingerprint density at radius 1 is 1.47 bits per heavy atom. The van der Waals surface area contributed by atoms with Gasteiger partial charge in [0.25, 0.3) is 0 Å². The van der Waals surface area contributed by atoms with Gasteiger partial charge < -0.3 is 14.7 Å². The third-order valence-corrected chi connectivity index (χ3v) is 2.29. The summed E-state index contributed by atoms with van der Waals surface area (Å²) in [4.78, 5) is 12.9. The lowest BCUT2D eigenvalue weighted by Gasteiger charge is -2.11. The molecule has 0 aromatic heterocycles. The lowest BCUT2D eigenvalue weighted by atomic mass is 10.1. The molecule has 0 aliphatic carbocycles. The molecule has 0 heterocycles. The van der Waals surface area contributed by atoms with Gasteiger partial charge in [-0.3, -0.25) is 4.79 Å². The molecular formula is C13H18NO3. The van der Waals surface area contributed by atoms with E-state index in [2.05, 4.69) is 6.07 Å². The lowest BCUT2D eigenvalue weighted by Crippen LogP contribution is -2.23. The fraction of sp³-hybridized carbons (Fsp3) is 0.462. The van der Waals surface area contributed by atoms with E-state index in [0.717, 1.165) is 5.56 Å². The Morgan fingerprint density at radius 3 is 2.76 bits per heavy atom. The van der Waals surface area contributed by atoms with E-state index in [-0.39, 0.29) is 12.5 Å². The van der Waals surface area contributed by atoms with Crippen LogP contribution in [-0.2, 0) is 11.4 Å². The predicted octanol–water partition coefficient (Wildman–Crippen LogP) is 1.14. The molecule has 0 aliphatic heterocycles. The summed E-state index contributed by atoms with van der Waals surface area (Å²) in [5.74, 6) is 0.698. The normalized spacial score (nSPS) is 10.1. The van der Waals surface area contributed by atoms with Crippen LogP contribution in [0.2, 0.25) is 0 Å². The Balaban J connectivity index is 2.52. The zero-order valence-electron chi connectivity index (χ0n) is 10.5. The Kier molecular flexibility index (Phi) is 4.97. The van der Waals surface area contributed by atoms with Crippen LogP contribution in [0.1, 0.15) is 17.5 Å². The van der Waals surface area contributed by atoms with Crippen molar-refractivity contribution in [1.29, 1.82) is 0 Å². The van der Waals surface area contributed by atoms with Crippen molar-refractivity contribution in [3.8, 4) is 5.75 Å². The van der Waals surface area contributed by atoms with Crippen LogP contribution < -0.4 is 4.74 Å². The number of amides is 1. The van der Waals surface area contributed by atoms with Crippen LogP contribution in [0.5, 0.6) is 5.75 Å². The number of nitrogens with zero attached hydrogens (tertiary/aromatic N) is 1. The largest absolute Gasteiger partial charge is 0.493 e. The molecule has 1 amide bonds. The van der Waals surface area contributed by atoms with E-state index in [1.54, 1.807) is 20.2 Å². The van der Waals surface area contributed by atoms with Gasteiger partial charge in [0.1, 0.15) is 5.75 Å². The first-order chi connectivity index (χ1) is 8.02. The number of carbonyl (C=O) groups excluding carboxylic acids is 1. The Hall–Kier alpha value is -1.55. The van der Waals surface area contributed by atoms with Crippen LogP contribution in [0.4, 0.5) is 0 Å². The molecule has 0 atom stereocenters. The van der Waals surface area contributed by atoms with Crippen molar-refractivity contribution in [3.63, 3.8) is 0 Å². The quantitative estimate of drug-likeness (QED) is 0.834. The molecule has 93 valence electrons. The average Bonchev–Trinajstić information content (AvgIpc) is 2.27. The zero-order chi connectivity index (χ0) is 12.8. The molecule has 0 fully saturated rings. The highest BCUT2D eigenvalue weighted by molar-refractivity contribution is 5.75. The van der Waals surface area contributed by atoms with Crippen molar-refractivity contribution in [2.45, 2.75) is 20.0 Å². The van der Waals surface area contributed by atoms with Crippen LogP contribution in [0.25, 0.3) is 0 Å². The second-order valence-corrected chi connectivity index (χ2v) is 4.07. The number of aryl methyl sites for hydroxylation is 1. The van der Waals surface area contributed by atoms with Crippen LogP contribution in [-0.4, -0.2) is 36.6 Å². The van der Waals surface area contributed by atoms with E-state index in [1.165, 1.54) is 4.90 Å². The molecule has 0 saturated heterocycles. The lowest BCUT2D eigenvalue weighted by molar-refractivity contribution is -0.129. The van der Waals surface area contributed by atoms with E-state index in [4.69, 9.17) is 9.84 Å². The maximum absolute atomic E-state index is 11.3. The minimum Gasteiger partial charge on any atom is -0.493 e. The molecule has 1 rings (SSSR count). The van der Waals surface area contributed by atoms with E-state index in [9.17, 15) is 4.79 Å². The molecule has 0 spiro atoms. The fourth-order valence-electron chi connectivity index (χ4n) is 1.40. The number of aliphatic hydroxyl groups excluding tert-OH is 1. The third-order valence-electron chi connectivity index (χ3n) is 2.29. The van der Waals surface area contributed by atoms with Crippen LogP contribution in [0.15, 0.2) is 12.1 Å². The van der Waals surface area contributed by atoms with Crippen molar-refractivity contribution in [2.24, 2.45) is 0 Å². The maximum atomic E-state index is 11.3.